The van der Waals surface area contributed by atoms with E-state index in [9.17, 15) is 0 Å². The minimum absolute atomic E-state index is 0.0877. The summed E-state index contributed by atoms with van der Waals surface area (Å²) in [7, 11) is 0. The number of benzene rings is 2. The number of nitrogens with one attached hydrogen (secondary N) is 2. The highest BCUT2D eigenvalue weighted by Crippen LogP contribution is 2.22. The molecule has 0 bridgehead atoms. The van der Waals surface area contributed by atoms with Crippen LogP contribution in [0.4, 0.5) is 29.1 Å². The zero-order chi connectivity index (χ0) is 20.9. The van der Waals surface area contributed by atoms with Gasteiger partial charge in [-0.1, -0.05) is 24.3 Å². The maximum absolute atomic E-state index is 6.07. The van der Waals surface area contributed by atoms with Crippen LogP contribution in [0.1, 0.15) is 13.8 Å². The number of hydrogen-bond donors (Lipinski definition) is 3. The van der Waals surface area contributed by atoms with Gasteiger partial charge in [0.2, 0.25) is 11.9 Å². The van der Waals surface area contributed by atoms with Crippen LogP contribution >= 0.6 is 0 Å². The summed E-state index contributed by atoms with van der Waals surface area (Å²) in [4.78, 5) is 12.8. The first kappa shape index (κ1) is 19.2. The number of nitrogen functional groups attached to an aromatic ring is 1. The van der Waals surface area contributed by atoms with Gasteiger partial charge in [0.05, 0.1) is 6.10 Å². The molecule has 30 heavy (non-hydrogen) atoms. The lowest BCUT2D eigenvalue weighted by molar-refractivity contribution is 0.242. The lowest BCUT2D eigenvalue weighted by Crippen LogP contribution is -2.06. The Morgan fingerprint density at radius 1 is 0.933 bits per heavy atom. The first-order valence-corrected chi connectivity index (χ1v) is 9.47. The molecule has 9 heteroatoms. The van der Waals surface area contributed by atoms with Gasteiger partial charge >= 0.3 is 0 Å². The Balaban J connectivity index is 1.54. The van der Waals surface area contributed by atoms with E-state index in [0.717, 1.165) is 17.1 Å². The van der Waals surface area contributed by atoms with Gasteiger partial charge in [-0.15, -0.1) is 5.10 Å². The second-order valence-corrected chi connectivity index (χ2v) is 6.78. The quantitative estimate of drug-likeness (QED) is 0.426. The molecule has 0 saturated carbocycles. The molecule has 2 heterocycles. The van der Waals surface area contributed by atoms with Gasteiger partial charge in [-0.25, -0.2) is 9.97 Å². The van der Waals surface area contributed by atoms with Crippen molar-refractivity contribution in [1.29, 1.82) is 0 Å². The predicted molar refractivity (Wildman–Crippen MR) is 117 cm³/mol. The summed E-state index contributed by atoms with van der Waals surface area (Å²) in [5, 5.41) is 10.8. The molecule has 9 nitrogen and oxygen atoms in total. The highest BCUT2D eigenvalue weighted by molar-refractivity contribution is 5.59. The lowest BCUT2D eigenvalue weighted by Gasteiger charge is -2.10. The van der Waals surface area contributed by atoms with Gasteiger partial charge in [-0.05, 0) is 38.1 Å². The second kappa shape index (κ2) is 8.48. The molecule has 2 aromatic heterocycles. The summed E-state index contributed by atoms with van der Waals surface area (Å²) in [6, 6.07) is 19.1. The van der Waals surface area contributed by atoms with Crippen LogP contribution in [0.2, 0.25) is 0 Å². The van der Waals surface area contributed by atoms with Crippen molar-refractivity contribution in [3.63, 3.8) is 0 Å². The fourth-order valence-electron chi connectivity index (χ4n) is 2.79. The third-order valence-corrected chi connectivity index (χ3v) is 4.01. The Morgan fingerprint density at radius 3 is 2.53 bits per heavy atom. The number of nitrogens with two attached hydrogens (primary N) is 1. The van der Waals surface area contributed by atoms with Crippen LogP contribution in [-0.2, 0) is 0 Å². The number of hydrogen-bond acceptors (Lipinski definition) is 8. The second-order valence-electron chi connectivity index (χ2n) is 6.78. The Bertz CT molecular complexity index is 1130. The van der Waals surface area contributed by atoms with Crippen LogP contribution < -0.4 is 21.1 Å². The van der Waals surface area contributed by atoms with Gasteiger partial charge < -0.3 is 21.1 Å². The van der Waals surface area contributed by atoms with Crippen molar-refractivity contribution in [2.24, 2.45) is 0 Å². The van der Waals surface area contributed by atoms with E-state index >= 15 is 0 Å². The number of ether oxygens (including phenoxy) is 1. The van der Waals surface area contributed by atoms with Crippen molar-refractivity contribution in [3.05, 3.63) is 67.0 Å². The number of nitrogens with zero attached hydrogens (tertiary/aromatic N) is 5. The van der Waals surface area contributed by atoms with Crippen molar-refractivity contribution in [1.82, 2.24) is 24.7 Å². The molecule has 4 aromatic rings. The summed E-state index contributed by atoms with van der Waals surface area (Å²) < 4.78 is 7.17. The van der Waals surface area contributed by atoms with Gasteiger partial charge in [-0.3, -0.25) is 0 Å². The van der Waals surface area contributed by atoms with Crippen LogP contribution in [-0.4, -0.2) is 30.8 Å². The van der Waals surface area contributed by atoms with E-state index in [1.807, 2.05) is 68.4 Å². The SMILES string of the molecule is CC(C)Oc1cccc(Nc2nc(N)n(-c3cc(Nc4ccccc4)ncn3)n2)c1. The topological polar surface area (TPSA) is 116 Å². The van der Waals surface area contributed by atoms with Crippen LogP contribution in [0.25, 0.3) is 5.82 Å². The minimum Gasteiger partial charge on any atom is -0.491 e. The largest absolute Gasteiger partial charge is 0.491 e. The van der Waals surface area contributed by atoms with Gasteiger partial charge in [0.15, 0.2) is 5.82 Å². The predicted octanol–water partition coefficient (Wildman–Crippen LogP) is 3.91. The maximum Gasteiger partial charge on any atom is 0.248 e. The van der Waals surface area contributed by atoms with E-state index in [-0.39, 0.29) is 12.1 Å². The molecule has 4 N–H and O–H groups in total. The molecule has 0 aliphatic carbocycles. The molecule has 0 radical (unpaired) electrons. The fraction of sp³-hybridized carbons (Fsp3) is 0.143. The molecule has 0 fully saturated rings. The molecule has 0 amide bonds. The third kappa shape index (κ3) is 4.64. The van der Waals surface area contributed by atoms with Crippen LogP contribution in [0, 0.1) is 0 Å². The highest BCUT2D eigenvalue weighted by Gasteiger charge is 2.12. The molecule has 0 aliphatic heterocycles. The highest BCUT2D eigenvalue weighted by atomic mass is 16.5. The third-order valence-electron chi connectivity index (χ3n) is 4.01. The summed E-state index contributed by atoms with van der Waals surface area (Å²) in [5.74, 6) is 2.43. The number of anilines is 5. The van der Waals surface area contributed by atoms with Crippen LogP contribution in [0.15, 0.2) is 67.0 Å². The molecule has 0 atom stereocenters. The van der Waals surface area contributed by atoms with E-state index in [4.69, 9.17) is 10.5 Å². The number of aromatic nitrogens is 5. The molecule has 0 spiro atoms. The van der Waals surface area contributed by atoms with Crippen LogP contribution in [0.5, 0.6) is 5.75 Å². The van der Waals surface area contributed by atoms with E-state index in [2.05, 4.69) is 30.7 Å². The molecule has 152 valence electrons. The van der Waals surface area contributed by atoms with E-state index in [0.29, 0.717) is 17.6 Å². The summed E-state index contributed by atoms with van der Waals surface area (Å²) in [6.07, 6.45) is 1.53. The molecule has 2 aromatic carbocycles. The minimum atomic E-state index is 0.0877. The van der Waals surface area contributed by atoms with Crippen molar-refractivity contribution < 1.29 is 4.74 Å². The Kier molecular flexibility index (Phi) is 5.42. The van der Waals surface area contributed by atoms with E-state index in [1.165, 1.54) is 11.0 Å². The average Bonchev–Trinajstić information content (AvgIpc) is 3.09. The normalized spacial score (nSPS) is 10.8. The summed E-state index contributed by atoms with van der Waals surface area (Å²) in [6.45, 7) is 3.96. The van der Waals surface area contributed by atoms with Crippen molar-refractivity contribution in [2.45, 2.75) is 20.0 Å². The first-order valence-electron chi connectivity index (χ1n) is 9.47. The smallest absolute Gasteiger partial charge is 0.248 e. The number of para-hydroxylation sites is 1. The first-order chi connectivity index (χ1) is 14.6. The molecule has 0 unspecified atom stereocenters. The molecule has 4 rings (SSSR count). The van der Waals surface area contributed by atoms with Crippen LogP contribution in [0.3, 0.4) is 0 Å². The standard InChI is InChI=1S/C21H22N8O/c1-14(2)30-17-10-6-9-16(11-17)26-21-27-20(22)29(28-21)19-12-18(23-13-24-19)25-15-7-4-3-5-8-15/h3-14H,1-2H3,(H,23,24,25)(H3,22,26,27,28). The molecule has 0 aliphatic rings. The number of rotatable bonds is 7. The zero-order valence-electron chi connectivity index (χ0n) is 16.6. The van der Waals surface area contributed by atoms with E-state index < -0.39 is 0 Å². The van der Waals surface area contributed by atoms with Gasteiger partial charge in [0, 0.05) is 23.5 Å². The van der Waals surface area contributed by atoms with Crippen molar-refractivity contribution in [3.8, 4) is 11.6 Å². The molecular formula is C21H22N8O. The lowest BCUT2D eigenvalue weighted by atomic mass is 10.3. The Morgan fingerprint density at radius 2 is 1.73 bits per heavy atom. The van der Waals surface area contributed by atoms with Crippen molar-refractivity contribution >= 4 is 29.1 Å². The monoisotopic (exact) mass is 402 g/mol. The molecular weight excluding hydrogens is 380 g/mol. The Labute approximate surface area is 174 Å². The average molecular weight is 402 g/mol. The van der Waals surface area contributed by atoms with E-state index in [1.54, 1.807) is 6.07 Å². The van der Waals surface area contributed by atoms with Gasteiger partial charge in [0.1, 0.15) is 17.9 Å². The summed E-state index contributed by atoms with van der Waals surface area (Å²) >= 11 is 0. The molecule has 0 saturated heterocycles. The van der Waals surface area contributed by atoms with Gasteiger partial charge in [0.25, 0.3) is 0 Å². The Hall–Kier alpha value is -4.14. The van der Waals surface area contributed by atoms with Gasteiger partial charge in [-0.2, -0.15) is 9.67 Å². The summed E-state index contributed by atoms with van der Waals surface area (Å²) in [5.41, 5.74) is 7.78. The van der Waals surface area contributed by atoms with Crippen molar-refractivity contribution in [2.75, 3.05) is 16.4 Å². The maximum atomic E-state index is 6.07. The zero-order valence-corrected chi connectivity index (χ0v) is 16.6. The fourth-order valence-corrected chi connectivity index (χ4v) is 2.79.